The van der Waals surface area contributed by atoms with Crippen LogP contribution < -0.4 is 21.1 Å². The third-order valence-corrected chi connectivity index (χ3v) is 9.83. The summed E-state index contributed by atoms with van der Waals surface area (Å²) < 4.78 is 1.79. The van der Waals surface area contributed by atoms with E-state index in [2.05, 4.69) is 60.6 Å². The number of piperazine rings is 1. The molecule has 3 aliphatic heterocycles. The molecule has 0 radical (unpaired) electrons. The van der Waals surface area contributed by atoms with Crippen molar-refractivity contribution < 1.29 is 14.4 Å². The number of piperidine rings is 1. The Morgan fingerprint density at radius 1 is 0.957 bits per heavy atom. The second-order valence-corrected chi connectivity index (χ2v) is 13.2. The first kappa shape index (κ1) is 31.9. The molecule has 13 heteroatoms. The van der Waals surface area contributed by atoms with Crippen molar-refractivity contribution in [1.29, 1.82) is 0 Å². The summed E-state index contributed by atoms with van der Waals surface area (Å²) in [6.45, 7) is 5.81. The Kier molecular flexibility index (Phi) is 9.52. The minimum absolute atomic E-state index is 0.0529. The number of rotatable bonds is 7. The summed E-state index contributed by atoms with van der Waals surface area (Å²) in [7, 11) is 3.73. The topological polar surface area (TPSA) is 123 Å². The molecule has 0 spiro atoms. The van der Waals surface area contributed by atoms with Crippen molar-refractivity contribution in [3.63, 3.8) is 0 Å². The fourth-order valence-corrected chi connectivity index (χ4v) is 7.01. The molecule has 12 nitrogen and oxygen atoms in total. The van der Waals surface area contributed by atoms with Gasteiger partial charge in [-0.3, -0.25) is 29.5 Å². The standard InChI is InChI=1S/C33H39BrN8O4/c1-38-20-25(17-26(21-38)36-28-18-35-39(2)32(45)30(28)34)23-5-7-24(8-6-23)31(44)41-15-13-40(14-16-41)19-22-3-9-27(10-4-22)42-12-11-29(43)37-33(42)46/h3-10,18,25-26,36H,11-17,19-21H2,1-2H3,(H,37,43,46)/t25-,26+/m1/s1. The molecular weight excluding hydrogens is 652 g/mol. The van der Waals surface area contributed by atoms with E-state index in [1.807, 2.05) is 41.3 Å². The smallest absolute Gasteiger partial charge is 0.328 e. The number of hydrogen-bond donors (Lipinski definition) is 2. The SMILES string of the molecule is CN1C[C@@H](Nc2cnn(C)c(=O)c2Br)C[C@@H](c2ccc(C(=O)N3CCN(Cc4ccc(N5CCC(=O)NC5=O)cc4)CC3)cc2)C1. The highest BCUT2D eigenvalue weighted by molar-refractivity contribution is 9.10. The first-order valence-corrected chi connectivity index (χ1v) is 16.4. The lowest BCUT2D eigenvalue weighted by atomic mass is 9.87. The van der Waals surface area contributed by atoms with E-state index in [9.17, 15) is 19.2 Å². The van der Waals surface area contributed by atoms with Gasteiger partial charge in [0.05, 0.1) is 11.9 Å². The Labute approximate surface area is 276 Å². The van der Waals surface area contributed by atoms with Crippen LogP contribution in [0.15, 0.2) is 64.0 Å². The normalized spacial score (nSPS) is 21.3. The minimum Gasteiger partial charge on any atom is -0.379 e. The molecule has 3 fully saturated rings. The number of nitrogens with one attached hydrogen (secondary N) is 2. The molecule has 2 atom stereocenters. The van der Waals surface area contributed by atoms with Crippen molar-refractivity contribution in [3.05, 3.63) is 86.2 Å². The van der Waals surface area contributed by atoms with Gasteiger partial charge in [0.1, 0.15) is 4.47 Å². The first-order chi connectivity index (χ1) is 22.1. The van der Waals surface area contributed by atoms with Crippen molar-refractivity contribution in [2.24, 2.45) is 7.05 Å². The van der Waals surface area contributed by atoms with E-state index in [1.165, 1.54) is 10.2 Å². The van der Waals surface area contributed by atoms with E-state index in [0.29, 0.717) is 41.8 Å². The number of hydrogen-bond acceptors (Lipinski definition) is 8. The van der Waals surface area contributed by atoms with Crippen molar-refractivity contribution in [2.75, 3.05) is 63.1 Å². The van der Waals surface area contributed by atoms with E-state index >= 15 is 0 Å². The summed E-state index contributed by atoms with van der Waals surface area (Å²) in [4.78, 5) is 57.4. The number of anilines is 2. The van der Waals surface area contributed by atoms with Gasteiger partial charge in [-0.15, -0.1) is 0 Å². The summed E-state index contributed by atoms with van der Waals surface area (Å²) in [6, 6.07) is 15.7. The van der Waals surface area contributed by atoms with Gasteiger partial charge in [0.15, 0.2) is 0 Å². The Morgan fingerprint density at radius 3 is 2.37 bits per heavy atom. The highest BCUT2D eigenvalue weighted by atomic mass is 79.9. The molecule has 0 bridgehead atoms. The summed E-state index contributed by atoms with van der Waals surface area (Å²) in [5.74, 6) is 0.101. The van der Waals surface area contributed by atoms with Gasteiger partial charge in [0.25, 0.3) is 11.5 Å². The van der Waals surface area contributed by atoms with Gasteiger partial charge < -0.3 is 15.1 Å². The first-order valence-electron chi connectivity index (χ1n) is 15.6. The quantitative estimate of drug-likeness (QED) is 0.388. The molecule has 0 unspecified atom stereocenters. The number of imide groups is 1. The maximum atomic E-state index is 13.4. The minimum atomic E-state index is -0.382. The van der Waals surface area contributed by atoms with Gasteiger partial charge in [-0.05, 0) is 70.7 Å². The van der Waals surface area contributed by atoms with Gasteiger partial charge in [-0.25, -0.2) is 9.48 Å². The summed E-state index contributed by atoms with van der Waals surface area (Å²) in [5.41, 5.74) is 4.32. The number of benzene rings is 2. The largest absolute Gasteiger partial charge is 0.379 e. The molecule has 2 aromatic carbocycles. The molecule has 4 heterocycles. The lowest BCUT2D eigenvalue weighted by Crippen LogP contribution is -2.49. The van der Waals surface area contributed by atoms with Crippen LogP contribution in [0, 0.1) is 0 Å². The number of nitrogens with zero attached hydrogens (tertiary/aromatic N) is 6. The highest BCUT2D eigenvalue weighted by Gasteiger charge is 2.28. The van der Waals surface area contributed by atoms with E-state index in [4.69, 9.17) is 0 Å². The number of carbonyl (C=O) groups is 3. The van der Waals surface area contributed by atoms with E-state index in [-0.39, 0.29) is 35.4 Å². The number of carbonyl (C=O) groups excluding carboxylic acids is 3. The fraction of sp³-hybridized carbons (Fsp3) is 0.424. The molecule has 1 aromatic heterocycles. The van der Waals surface area contributed by atoms with Crippen LogP contribution in [0.1, 0.15) is 40.2 Å². The molecule has 0 aliphatic carbocycles. The van der Waals surface area contributed by atoms with Crippen LogP contribution >= 0.6 is 15.9 Å². The Morgan fingerprint density at radius 2 is 1.67 bits per heavy atom. The average Bonchev–Trinajstić information content (AvgIpc) is 3.05. The number of likely N-dealkylation sites (tertiary alicyclic amines) is 1. The third kappa shape index (κ3) is 7.16. The number of aryl methyl sites for hydroxylation is 1. The zero-order valence-corrected chi connectivity index (χ0v) is 27.7. The fourth-order valence-electron chi connectivity index (χ4n) is 6.54. The van der Waals surface area contributed by atoms with Crippen molar-refractivity contribution in [2.45, 2.75) is 31.3 Å². The Bertz CT molecular complexity index is 1650. The summed E-state index contributed by atoms with van der Waals surface area (Å²) in [5, 5.41) is 10.0. The zero-order valence-electron chi connectivity index (χ0n) is 26.1. The molecule has 3 aromatic rings. The zero-order chi connectivity index (χ0) is 32.4. The van der Waals surface area contributed by atoms with Gasteiger partial charge in [0, 0.05) is 83.1 Å². The molecule has 46 heavy (non-hydrogen) atoms. The van der Waals surface area contributed by atoms with Crippen molar-refractivity contribution in [3.8, 4) is 0 Å². The number of amides is 4. The maximum absolute atomic E-state index is 13.4. The molecule has 3 aliphatic rings. The van der Waals surface area contributed by atoms with Crippen LogP contribution in [0.5, 0.6) is 0 Å². The van der Waals surface area contributed by atoms with Crippen molar-refractivity contribution in [1.82, 2.24) is 29.8 Å². The van der Waals surface area contributed by atoms with E-state index in [0.717, 1.165) is 50.4 Å². The van der Waals surface area contributed by atoms with Crippen LogP contribution in [0.25, 0.3) is 0 Å². The average molecular weight is 692 g/mol. The van der Waals surface area contributed by atoms with Crippen LogP contribution in [0.4, 0.5) is 16.2 Å². The predicted octanol–water partition coefficient (Wildman–Crippen LogP) is 2.85. The number of likely N-dealkylation sites (N-methyl/N-ethyl adjacent to an activating group) is 1. The van der Waals surface area contributed by atoms with Crippen LogP contribution in [-0.4, -0.2) is 101 Å². The summed E-state index contributed by atoms with van der Waals surface area (Å²) >= 11 is 3.41. The van der Waals surface area contributed by atoms with Crippen LogP contribution in [0.3, 0.4) is 0 Å². The molecular formula is C33H39BrN8O4. The molecule has 4 amide bonds. The molecule has 0 saturated carbocycles. The molecule has 6 rings (SSSR count). The van der Waals surface area contributed by atoms with Crippen LogP contribution in [-0.2, 0) is 18.4 Å². The molecule has 3 saturated heterocycles. The lowest BCUT2D eigenvalue weighted by molar-refractivity contribution is -0.120. The number of halogens is 1. The summed E-state index contributed by atoms with van der Waals surface area (Å²) in [6.07, 6.45) is 2.88. The monoisotopic (exact) mass is 690 g/mol. The van der Waals surface area contributed by atoms with Gasteiger partial charge in [-0.2, -0.15) is 5.10 Å². The second-order valence-electron chi connectivity index (χ2n) is 12.4. The number of aromatic nitrogens is 2. The number of urea groups is 1. The molecule has 242 valence electrons. The third-order valence-electron chi connectivity index (χ3n) is 9.07. The molecule has 2 N–H and O–H groups in total. The van der Waals surface area contributed by atoms with Crippen LogP contribution in [0.2, 0.25) is 0 Å². The van der Waals surface area contributed by atoms with Gasteiger partial charge in [0.2, 0.25) is 5.91 Å². The van der Waals surface area contributed by atoms with E-state index < -0.39 is 0 Å². The van der Waals surface area contributed by atoms with E-state index in [1.54, 1.807) is 18.1 Å². The predicted molar refractivity (Wildman–Crippen MR) is 179 cm³/mol. The highest BCUT2D eigenvalue weighted by Crippen LogP contribution is 2.30. The van der Waals surface area contributed by atoms with Gasteiger partial charge >= 0.3 is 6.03 Å². The lowest BCUT2D eigenvalue weighted by Gasteiger charge is -2.37. The van der Waals surface area contributed by atoms with Gasteiger partial charge in [-0.1, -0.05) is 24.3 Å². The Balaban J connectivity index is 1.00. The Hall–Kier alpha value is -4.07. The maximum Gasteiger partial charge on any atom is 0.328 e. The van der Waals surface area contributed by atoms with Crippen molar-refractivity contribution >= 4 is 45.2 Å². The second kappa shape index (κ2) is 13.7.